The molecule has 0 aromatic heterocycles. The Morgan fingerprint density at radius 3 is 1.50 bits per heavy atom. The summed E-state index contributed by atoms with van der Waals surface area (Å²) in [5.41, 5.74) is 0. The minimum atomic E-state index is -5.81. The third kappa shape index (κ3) is 4.77. The fraction of sp³-hybridized carbons (Fsp3) is 1.00. The fourth-order valence-electron chi connectivity index (χ4n) is 0.397. The van der Waals surface area contributed by atoms with Crippen molar-refractivity contribution in [1.29, 1.82) is 0 Å². The molecule has 0 fully saturated rings. The predicted molar refractivity (Wildman–Crippen MR) is 37.3 cm³/mol. The van der Waals surface area contributed by atoms with E-state index in [4.69, 9.17) is 0 Å². The molecule has 0 saturated heterocycles. The third-order valence-corrected chi connectivity index (χ3v) is 1.07. The molecule has 0 aromatic carbocycles. The quantitative estimate of drug-likeness (QED) is 0.553. The maximum absolute atomic E-state index is 12.2. The van der Waals surface area contributed by atoms with Gasteiger partial charge in [0.1, 0.15) is 0 Å². The Bertz CT molecular complexity index is 198. The summed E-state index contributed by atoms with van der Waals surface area (Å²) in [4.78, 5) is 0. The highest BCUT2D eigenvalue weighted by Gasteiger charge is 2.60. The smallest absolute Gasteiger partial charge is 0.267 e. The molecule has 86 valence electrons. The van der Waals surface area contributed by atoms with Crippen molar-refractivity contribution in [2.24, 2.45) is 0 Å². The molecule has 0 aromatic rings. The second-order valence-electron chi connectivity index (χ2n) is 2.01. The molecule has 10 heteroatoms. The summed E-state index contributed by atoms with van der Waals surface area (Å²) in [6.45, 7) is 0. The van der Waals surface area contributed by atoms with Crippen LogP contribution in [-0.4, -0.2) is 22.4 Å². The van der Waals surface area contributed by atoms with E-state index in [0.717, 1.165) is 0 Å². The van der Waals surface area contributed by atoms with Crippen molar-refractivity contribution in [2.75, 3.05) is 0 Å². The maximum Gasteiger partial charge on any atom is 0.428 e. The van der Waals surface area contributed by atoms with Gasteiger partial charge in [-0.2, -0.15) is 22.0 Å². The topological polar surface area (TPSA) is 9.23 Å². The van der Waals surface area contributed by atoms with Crippen LogP contribution >= 0.6 is 34.8 Å². The molecule has 0 unspecified atom stereocenters. The van der Waals surface area contributed by atoms with E-state index >= 15 is 0 Å². The van der Waals surface area contributed by atoms with E-state index in [2.05, 4.69) is 39.5 Å². The standard InChI is InChI=1S/C4HCl3F6O/c5-4(6,7)14-3(12,13)1(8)2(9,10)11/h1H/t1-/m1/s1. The first-order chi connectivity index (χ1) is 5.86. The first kappa shape index (κ1) is 14.4. The average molecular weight is 285 g/mol. The van der Waals surface area contributed by atoms with Crippen LogP contribution in [0.5, 0.6) is 0 Å². The van der Waals surface area contributed by atoms with Gasteiger partial charge in [0.05, 0.1) is 0 Å². The fourth-order valence-corrected chi connectivity index (χ4v) is 0.705. The molecule has 0 spiro atoms. The van der Waals surface area contributed by atoms with Crippen LogP contribution in [0.15, 0.2) is 0 Å². The molecule has 1 nitrogen and oxygen atoms in total. The SMILES string of the molecule is F[C@H](C(F)(F)F)C(F)(F)OC(Cl)(Cl)Cl. The van der Waals surface area contributed by atoms with Crippen LogP contribution in [0.1, 0.15) is 0 Å². The van der Waals surface area contributed by atoms with Crippen molar-refractivity contribution >= 4 is 34.8 Å². The molecule has 0 bridgehead atoms. The molecule has 0 N–H and O–H groups in total. The Hall–Kier alpha value is 0.410. The van der Waals surface area contributed by atoms with Gasteiger partial charge in [0.2, 0.25) is 0 Å². The number of halogens is 9. The largest absolute Gasteiger partial charge is 0.428 e. The van der Waals surface area contributed by atoms with Crippen LogP contribution in [-0.2, 0) is 4.74 Å². The summed E-state index contributed by atoms with van der Waals surface area (Å²) in [5.74, 6) is 0. The van der Waals surface area contributed by atoms with Gasteiger partial charge in [-0.1, -0.05) is 34.8 Å². The predicted octanol–water partition coefficient (Wildman–Crippen LogP) is 3.82. The van der Waals surface area contributed by atoms with Crippen LogP contribution in [0.3, 0.4) is 0 Å². The van der Waals surface area contributed by atoms with Crippen LogP contribution in [0.4, 0.5) is 26.3 Å². The zero-order valence-corrected chi connectivity index (χ0v) is 8.16. The van der Waals surface area contributed by atoms with Crippen molar-refractivity contribution in [3.05, 3.63) is 0 Å². The van der Waals surface area contributed by atoms with Crippen LogP contribution in [0, 0.1) is 0 Å². The Kier molecular flexibility index (Phi) is 4.23. The Morgan fingerprint density at radius 1 is 0.929 bits per heavy atom. The van der Waals surface area contributed by atoms with Crippen molar-refractivity contribution in [2.45, 2.75) is 22.4 Å². The average Bonchev–Trinajstić information content (AvgIpc) is 1.78. The molecule has 0 rings (SSSR count). The minimum absolute atomic E-state index is 2.98. The number of alkyl halides is 9. The highest BCUT2D eigenvalue weighted by molar-refractivity contribution is 6.66. The van der Waals surface area contributed by atoms with Crippen LogP contribution in [0.25, 0.3) is 0 Å². The van der Waals surface area contributed by atoms with E-state index in [1.165, 1.54) is 0 Å². The Labute approximate surface area is 88.9 Å². The van der Waals surface area contributed by atoms with Crippen LogP contribution in [0.2, 0.25) is 0 Å². The van der Waals surface area contributed by atoms with E-state index in [1.807, 2.05) is 0 Å². The molecular weight excluding hydrogens is 284 g/mol. The van der Waals surface area contributed by atoms with Gasteiger partial charge >= 0.3 is 16.3 Å². The molecule has 0 heterocycles. The van der Waals surface area contributed by atoms with E-state index in [-0.39, 0.29) is 0 Å². The molecule has 0 aliphatic carbocycles. The first-order valence-electron chi connectivity index (χ1n) is 2.72. The van der Waals surface area contributed by atoms with Gasteiger partial charge in [0.25, 0.3) is 6.17 Å². The van der Waals surface area contributed by atoms with Gasteiger partial charge in [-0.25, -0.2) is 4.39 Å². The van der Waals surface area contributed by atoms with E-state index in [9.17, 15) is 26.3 Å². The summed E-state index contributed by atoms with van der Waals surface area (Å²) < 4.78 is 70.7. The molecule has 0 aliphatic rings. The van der Waals surface area contributed by atoms with E-state index in [0.29, 0.717) is 0 Å². The molecular formula is C4HCl3F6O. The lowest BCUT2D eigenvalue weighted by Gasteiger charge is -2.25. The van der Waals surface area contributed by atoms with Crippen molar-refractivity contribution in [3.8, 4) is 0 Å². The monoisotopic (exact) mass is 284 g/mol. The molecule has 0 amide bonds. The highest BCUT2D eigenvalue weighted by atomic mass is 35.6. The van der Waals surface area contributed by atoms with Gasteiger partial charge in [-0.15, -0.1) is 0 Å². The number of hydrogen-bond donors (Lipinski definition) is 0. The molecule has 14 heavy (non-hydrogen) atoms. The molecule has 0 saturated carbocycles. The van der Waals surface area contributed by atoms with Crippen molar-refractivity contribution in [3.63, 3.8) is 0 Å². The van der Waals surface area contributed by atoms with Crippen molar-refractivity contribution < 1.29 is 31.1 Å². The van der Waals surface area contributed by atoms with Gasteiger partial charge < -0.3 is 0 Å². The lowest BCUT2D eigenvalue weighted by atomic mass is 10.3. The first-order valence-corrected chi connectivity index (χ1v) is 3.85. The maximum atomic E-state index is 12.2. The highest BCUT2D eigenvalue weighted by Crippen LogP contribution is 2.41. The summed E-state index contributed by atoms with van der Waals surface area (Å²) in [7, 11) is 0. The summed E-state index contributed by atoms with van der Waals surface area (Å²) >= 11 is 13.8. The second kappa shape index (κ2) is 4.11. The number of rotatable bonds is 2. The second-order valence-corrected chi connectivity index (χ2v) is 4.19. The lowest BCUT2D eigenvalue weighted by Crippen LogP contribution is -2.45. The van der Waals surface area contributed by atoms with Crippen molar-refractivity contribution in [1.82, 2.24) is 0 Å². The normalized spacial score (nSPS) is 16.9. The molecule has 1 atom stereocenters. The third-order valence-electron chi connectivity index (χ3n) is 0.834. The molecule has 0 radical (unpaired) electrons. The zero-order valence-electron chi connectivity index (χ0n) is 5.89. The van der Waals surface area contributed by atoms with Gasteiger partial charge in [-0.05, 0) is 0 Å². The summed E-state index contributed by atoms with van der Waals surface area (Å²) in [6.07, 6.45) is -15.6. The zero-order chi connectivity index (χ0) is 11.8. The Morgan fingerprint density at radius 2 is 1.29 bits per heavy atom. The Balaban J connectivity index is 4.63. The van der Waals surface area contributed by atoms with E-state index in [1.54, 1.807) is 0 Å². The van der Waals surface area contributed by atoms with Gasteiger partial charge in [-0.3, -0.25) is 4.74 Å². The van der Waals surface area contributed by atoms with Gasteiger partial charge in [0.15, 0.2) is 0 Å². The van der Waals surface area contributed by atoms with Crippen LogP contribution < -0.4 is 0 Å². The van der Waals surface area contributed by atoms with Gasteiger partial charge in [0, 0.05) is 0 Å². The number of hydrogen-bond acceptors (Lipinski definition) is 1. The van der Waals surface area contributed by atoms with E-state index < -0.39 is 22.4 Å². The minimum Gasteiger partial charge on any atom is -0.267 e. The summed E-state index contributed by atoms with van der Waals surface area (Å²) in [6, 6.07) is 0. The lowest BCUT2D eigenvalue weighted by molar-refractivity contribution is -0.338. The number of ether oxygens (including phenoxy) is 1. The summed E-state index contributed by atoms with van der Waals surface area (Å²) in [5, 5.41) is 0. The molecule has 0 aliphatic heterocycles.